The van der Waals surface area contributed by atoms with Gasteiger partial charge >= 0.3 is 7.60 Å². The van der Waals surface area contributed by atoms with E-state index >= 15 is 0 Å². The van der Waals surface area contributed by atoms with Gasteiger partial charge in [-0.3, -0.25) is 4.57 Å². The van der Waals surface area contributed by atoms with Crippen LogP contribution in [-0.2, 0) is 11.0 Å². The van der Waals surface area contributed by atoms with Crippen molar-refractivity contribution in [3.8, 4) is 0 Å². The van der Waals surface area contributed by atoms with E-state index in [9.17, 15) is 14.4 Å². The molecular formula is C25H32NO3P. The van der Waals surface area contributed by atoms with Crippen LogP contribution in [0.15, 0.2) is 48.6 Å². The number of nitrogens with one attached hydrogen (secondary N) is 1. The summed E-state index contributed by atoms with van der Waals surface area (Å²) < 4.78 is 12.2. The summed E-state index contributed by atoms with van der Waals surface area (Å²) in [5, 5.41) is 2.14. The first kappa shape index (κ1) is 22.6. The zero-order valence-corrected chi connectivity index (χ0v) is 19.4. The minimum Gasteiger partial charge on any atom is -0.383 e. The van der Waals surface area contributed by atoms with E-state index in [1.807, 2.05) is 12.2 Å². The molecule has 2 aromatic rings. The van der Waals surface area contributed by atoms with E-state index in [4.69, 9.17) is 0 Å². The lowest BCUT2D eigenvalue weighted by molar-refractivity contribution is 0.342. The Kier molecular flexibility index (Phi) is 6.43. The Balaban J connectivity index is 1.84. The molecule has 0 radical (unpaired) electrons. The average Bonchev–Trinajstić information content (AvgIpc) is 2.64. The molecule has 1 atom stereocenters. The standard InChI is InChI=1S/C25H32NO3P/c1-17-11-18(2)23(19(3)12-17)15-22-13-20(4)24(21(5)14-22)26-16-25(30(27,28)29)9-7-6-8-10-25/h6-9,11-14,26H,10,15-16H2,1-5H3,(H2,27,28,29). The molecule has 30 heavy (non-hydrogen) atoms. The van der Waals surface area contributed by atoms with E-state index in [0.29, 0.717) is 6.42 Å². The number of hydrogen-bond acceptors (Lipinski definition) is 2. The summed E-state index contributed by atoms with van der Waals surface area (Å²) in [6.45, 7) is 10.7. The van der Waals surface area contributed by atoms with E-state index in [1.165, 1.54) is 27.8 Å². The summed E-state index contributed by atoms with van der Waals surface area (Å²) in [6, 6.07) is 8.81. The fourth-order valence-electron chi connectivity index (χ4n) is 4.47. The second kappa shape index (κ2) is 8.55. The molecule has 0 amide bonds. The molecule has 2 aromatic carbocycles. The van der Waals surface area contributed by atoms with Gasteiger partial charge in [0.25, 0.3) is 0 Å². The van der Waals surface area contributed by atoms with Gasteiger partial charge in [-0.2, -0.15) is 0 Å². The van der Waals surface area contributed by atoms with Crippen molar-refractivity contribution in [1.82, 2.24) is 0 Å². The summed E-state index contributed by atoms with van der Waals surface area (Å²) in [6.07, 6.45) is 8.20. The molecule has 3 N–H and O–H groups in total. The van der Waals surface area contributed by atoms with Crippen molar-refractivity contribution in [2.75, 3.05) is 11.9 Å². The van der Waals surface area contributed by atoms with Crippen LogP contribution in [-0.4, -0.2) is 21.5 Å². The van der Waals surface area contributed by atoms with Gasteiger partial charge in [0.2, 0.25) is 0 Å². The second-order valence-electron chi connectivity index (χ2n) is 8.65. The maximum absolute atomic E-state index is 12.2. The molecule has 1 aliphatic rings. The topological polar surface area (TPSA) is 69.6 Å². The van der Waals surface area contributed by atoms with Crippen LogP contribution >= 0.6 is 7.60 Å². The summed E-state index contributed by atoms with van der Waals surface area (Å²) >= 11 is 0. The number of anilines is 1. The first-order valence-electron chi connectivity index (χ1n) is 10.3. The van der Waals surface area contributed by atoms with Gasteiger partial charge in [-0.15, -0.1) is 0 Å². The highest BCUT2D eigenvalue weighted by Gasteiger charge is 2.44. The van der Waals surface area contributed by atoms with Crippen LogP contribution in [0.25, 0.3) is 0 Å². The molecule has 1 unspecified atom stereocenters. The van der Waals surface area contributed by atoms with Crippen LogP contribution in [0.2, 0.25) is 0 Å². The Hall–Kier alpha value is -2.13. The molecule has 0 heterocycles. The van der Waals surface area contributed by atoms with Crippen molar-refractivity contribution in [2.24, 2.45) is 0 Å². The Morgan fingerprint density at radius 3 is 2.03 bits per heavy atom. The number of aryl methyl sites for hydroxylation is 5. The summed E-state index contributed by atoms with van der Waals surface area (Å²) in [5.74, 6) is 0. The van der Waals surface area contributed by atoms with Gasteiger partial charge in [0.1, 0.15) is 5.16 Å². The number of benzene rings is 2. The van der Waals surface area contributed by atoms with E-state index in [-0.39, 0.29) is 6.54 Å². The zero-order chi connectivity index (χ0) is 22.1. The highest BCUT2D eigenvalue weighted by atomic mass is 31.2. The number of rotatable bonds is 6. The molecule has 0 bridgehead atoms. The minimum atomic E-state index is -4.31. The third kappa shape index (κ3) is 4.62. The largest absolute Gasteiger partial charge is 0.383 e. The van der Waals surface area contributed by atoms with E-state index < -0.39 is 12.8 Å². The fourth-order valence-corrected chi connectivity index (χ4v) is 5.38. The van der Waals surface area contributed by atoms with Gasteiger partial charge in [0.15, 0.2) is 0 Å². The highest BCUT2D eigenvalue weighted by Crippen LogP contribution is 2.54. The van der Waals surface area contributed by atoms with Crippen molar-refractivity contribution in [2.45, 2.75) is 52.6 Å². The lowest BCUT2D eigenvalue weighted by Gasteiger charge is -2.33. The van der Waals surface area contributed by atoms with Gasteiger partial charge in [-0.1, -0.05) is 54.1 Å². The third-order valence-corrected chi connectivity index (χ3v) is 7.74. The molecule has 1 aliphatic carbocycles. The van der Waals surface area contributed by atoms with Crippen LogP contribution in [0.5, 0.6) is 0 Å². The zero-order valence-electron chi connectivity index (χ0n) is 18.5. The molecule has 0 spiro atoms. The predicted molar refractivity (Wildman–Crippen MR) is 126 cm³/mol. The SMILES string of the molecule is Cc1cc(C)c(Cc2cc(C)c(NCC3(P(=O)(O)O)C=CC=CC3)c(C)c2)c(C)c1. The van der Waals surface area contributed by atoms with Crippen molar-refractivity contribution in [3.05, 3.63) is 87.5 Å². The Labute approximate surface area is 179 Å². The minimum absolute atomic E-state index is 0.190. The fraction of sp³-hybridized carbons (Fsp3) is 0.360. The Bertz CT molecular complexity index is 1020. The molecule has 160 valence electrons. The molecule has 0 fully saturated rings. The molecule has 5 heteroatoms. The maximum Gasteiger partial charge on any atom is 0.337 e. The normalized spacial score (nSPS) is 18.6. The van der Waals surface area contributed by atoms with Gasteiger partial charge < -0.3 is 15.1 Å². The summed E-state index contributed by atoms with van der Waals surface area (Å²) in [7, 11) is -4.31. The van der Waals surface area contributed by atoms with Crippen molar-refractivity contribution in [1.29, 1.82) is 0 Å². The van der Waals surface area contributed by atoms with Gasteiger partial charge in [0, 0.05) is 12.2 Å². The first-order chi connectivity index (χ1) is 14.0. The molecule has 0 saturated carbocycles. The smallest absolute Gasteiger partial charge is 0.337 e. The predicted octanol–water partition coefficient (Wildman–Crippen LogP) is 5.66. The quantitative estimate of drug-likeness (QED) is 0.522. The molecular weight excluding hydrogens is 393 g/mol. The monoisotopic (exact) mass is 425 g/mol. The van der Waals surface area contributed by atoms with Crippen LogP contribution < -0.4 is 5.32 Å². The van der Waals surface area contributed by atoms with Crippen molar-refractivity contribution >= 4 is 13.3 Å². The van der Waals surface area contributed by atoms with E-state index in [1.54, 1.807) is 12.2 Å². The number of hydrogen-bond donors (Lipinski definition) is 3. The highest BCUT2D eigenvalue weighted by molar-refractivity contribution is 7.53. The van der Waals surface area contributed by atoms with Crippen molar-refractivity contribution < 1.29 is 14.4 Å². The number of allylic oxidation sites excluding steroid dienone is 3. The average molecular weight is 426 g/mol. The molecule has 0 saturated heterocycles. The van der Waals surface area contributed by atoms with Gasteiger partial charge in [-0.05, 0) is 80.8 Å². The Morgan fingerprint density at radius 2 is 1.53 bits per heavy atom. The second-order valence-corrected chi connectivity index (χ2v) is 10.6. The van der Waals surface area contributed by atoms with Crippen LogP contribution in [0, 0.1) is 34.6 Å². The van der Waals surface area contributed by atoms with Crippen molar-refractivity contribution in [3.63, 3.8) is 0 Å². The summed E-state index contributed by atoms with van der Waals surface area (Å²) in [4.78, 5) is 20.0. The lowest BCUT2D eigenvalue weighted by Crippen LogP contribution is -2.35. The molecule has 4 nitrogen and oxygen atoms in total. The van der Waals surface area contributed by atoms with Gasteiger partial charge in [0.05, 0.1) is 0 Å². The van der Waals surface area contributed by atoms with Crippen LogP contribution in [0.3, 0.4) is 0 Å². The third-order valence-electron chi connectivity index (χ3n) is 6.09. The molecule has 3 rings (SSSR count). The van der Waals surface area contributed by atoms with Gasteiger partial charge in [-0.25, -0.2) is 0 Å². The maximum atomic E-state index is 12.2. The Morgan fingerprint density at radius 1 is 0.933 bits per heavy atom. The van der Waals surface area contributed by atoms with E-state index in [0.717, 1.165) is 23.2 Å². The van der Waals surface area contributed by atoms with Crippen LogP contribution in [0.4, 0.5) is 5.69 Å². The first-order valence-corrected chi connectivity index (χ1v) is 11.9. The molecule has 0 aliphatic heterocycles. The van der Waals surface area contributed by atoms with E-state index in [2.05, 4.69) is 64.2 Å². The molecule has 0 aromatic heterocycles. The lowest BCUT2D eigenvalue weighted by atomic mass is 9.92. The van der Waals surface area contributed by atoms with Crippen LogP contribution in [0.1, 0.15) is 45.4 Å². The summed E-state index contributed by atoms with van der Waals surface area (Å²) in [5.41, 5.74) is 9.64.